The maximum atomic E-state index is 11.2. The Morgan fingerprint density at radius 1 is 1.57 bits per heavy atom. The molecule has 2 atom stereocenters. The highest BCUT2D eigenvalue weighted by molar-refractivity contribution is 7.82. The van der Waals surface area contributed by atoms with Crippen molar-refractivity contribution in [1.29, 1.82) is 0 Å². The topological polar surface area (TPSA) is 55.1 Å². The molecule has 0 aromatic heterocycles. The summed E-state index contributed by atoms with van der Waals surface area (Å²) in [5.41, 5.74) is 3.39. The van der Waals surface area contributed by atoms with Crippen LogP contribution in [0.1, 0.15) is 18.1 Å². The van der Waals surface area contributed by atoms with Crippen LogP contribution in [0.3, 0.4) is 0 Å². The Morgan fingerprint density at radius 2 is 2.29 bits per heavy atom. The number of nitrogens with two attached hydrogens (primary N) is 1. The fourth-order valence-electron chi connectivity index (χ4n) is 1.91. The summed E-state index contributed by atoms with van der Waals surface area (Å²) in [5, 5.41) is 8.72. The van der Waals surface area contributed by atoms with Gasteiger partial charge in [-0.25, -0.2) is 9.35 Å². The first-order chi connectivity index (χ1) is 6.58. The van der Waals surface area contributed by atoms with Gasteiger partial charge in [0.1, 0.15) is 11.0 Å². The van der Waals surface area contributed by atoms with Crippen molar-refractivity contribution >= 4 is 16.7 Å². The smallest absolute Gasteiger partial charge is 0.122 e. The number of anilines is 1. The van der Waals surface area contributed by atoms with Crippen LogP contribution in [0.25, 0.3) is 0 Å². The van der Waals surface area contributed by atoms with Crippen LogP contribution in [-0.2, 0) is 17.4 Å². The molecule has 0 amide bonds. The molecule has 1 aromatic rings. The van der Waals surface area contributed by atoms with Crippen LogP contribution >= 0.6 is 0 Å². The molecule has 2 unspecified atom stereocenters. The van der Waals surface area contributed by atoms with E-state index in [2.05, 4.69) is 18.3 Å². The van der Waals surface area contributed by atoms with E-state index in [0.29, 0.717) is 6.04 Å². The van der Waals surface area contributed by atoms with E-state index in [-0.39, 0.29) is 0 Å². The average molecular weight is 210 g/mol. The summed E-state index contributed by atoms with van der Waals surface area (Å²) in [5.74, 6) is 0. The second kappa shape index (κ2) is 3.37. The molecule has 0 bridgehead atoms. The molecule has 1 aromatic carbocycles. The van der Waals surface area contributed by atoms with Crippen LogP contribution in [0.5, 0.6) is 0 Å². The van der Waals surface area contributed by atoms with Gasteiger partial charge in [0.05, 0.1) is 4.90 Å². The molecule has 0 fully saturated rings. The standard InChI is InChI=1S/C10H14N2OS/c1-6-3-8-4-7(2)12-9(8)5-10(6)14(11)13/h3,5,7,12H,4,11H2,1-2H3. The number of aryl methyl sites for hydroxylation is 1. The molecule has 0 aliphatic carbocycles. The number of benzene rings is 1. The third kappa shape index (κ3) is 1.55. The fraction of sp³-hybridized carbons (Fsp3) is 0.400. The highest BCUT2D eigenvalue weighted by Crippen LogP contribution is 2.29. The minimum atomic E-state index is -1.38. The molecule has 3 N–H and O–H groups in total. The van der Waals surface area contributed by atoms with E-state index >= 15 is 0 Å². The first-order valence-electron chi connectivity index (χ1n) is 4.64. The van der Waals surface area contributed by atoms with E-state index in [1.807, 2.05) is 13.0 Å². The van der Waals surface area contributed by atoms with E-state index in [0.717, 1.165) is 22.6 Å². The summed E-state index contributed by atoms with van der Waals surface area (Å²) in [6.07, 6.45) is 1.04. The number of fused-ring (bicyclic) bond motifs is 1. The molecule has 1 aliphatic heterocycles. The predicted octanol–water partition coefficient (Wildman–Crippen LogP) is 1.33. The summed E-state index contributed by atoms with van der Waals surface area (Å²) in [7, 11) is -1.38. The van der Waals surface area contributed by atoms with Gasteiger partial charge in [0, 0.05) is 11.7 Å². The van der Waals surface area contributed by atoms with Crippen molar-refractivity contribution in [3.05, 3.63) is 23.3 Å². The molecule has 3 nitrogen and oxygen atoms in total. The third-order valence-corrected chi connectivity index (χ3v) is 3.42. The Bertz CT molecular complexity index is 403. The fourth-order valence-corrected chi connectivity index (χ4v) is 2.52. The van der Waals surface area contributed by atoms with Crippen molar-refractivity contribution in [3.63, 3.8) is 0 Å². The Labute approximate surface area is 86.3 Å². The lowest BCUT2D eigenvalue weighted by Gasteiger charge is -2.06. The molecule has 0 spiro atoms. The molecule has 14 heavy (non-hydrogen) atoms. The molecule has 76 valence electrons. The molecule has 1 aliphatic rings. The Morgan fingerprint density at radius 3 is 2.93 bits per heavy atom. The van der Waals surface area contributed by atoms with Gasteiger partial charge in [-0.05, 0) is 37.5 Å². The summed E-state index contributed by atoms with van der Waals surface area (Å²) in [6, 6.07) is 4.45. The molecular formula is C10H14N2OS. The van der Waals surface area contributed by atoms with Crippen LogP contribution in [0.15, 0.2) is 17.0 Å². The lowest BCUT2D eigenvalue weighted by Crippen LogP contribution is -2.08. The highest BCUT2D eigenvalue weighted by Gasteiger charge is 2.18. The zero-order chi connectivity index (χ0) is 10.3. The van der Waals surface area contributed by atoms with Gasteiger partial charge in [0.15, 0.2) is 0 Å². The zero-order valence-electron chi connectivity index (χ0n) is 8.33. The van der Waals surface area contributed by atoms with Crippen LogP contribution in [0, 0.1) is 6.92 Å². The SMILES string of the molecule is Cc1cc2c(cc1S(N)=O)NC(C)C2. The Balaban J connectivity index is 2.50. The summed E-state index contributed by atoms with van der Waals surface area (Å²) in [6.45, 7) is 4.08. The van der Waals surface area contributed by atoms with Crippen molar-refractivity contribution in [2.45, 2.75) is 31.2 Å². The van der Waals surface area contributed by atoms with E-state index in [9.17, 15) is 4.21 Å². The van der Waals surface area contributed by atoms with Gasteiger partial charge in [-0.1, -0.05) is 6.07 Å². The summed E-state index contributed by atoms with van der Waals surface area (Å²) in [4.78, 5) is 0.727. The third-order valence-electron chi connectivity index (χ3n) is 2.55. The predicted molar refractivity (Wildman–Crippen MR) is 58.6 cm³/mol. The van der Waals surface area contributed by atoms with Gasteiger partial charge in [-0.15, -0.1) is 0 Å². The van der Waals surface area contributed by atoms with Crippen molar-refractivity contribution in [1.82, 2.24) is 0 Å². The molecule has 0 radical (unpaired) electrons. The van der Waals surface area contributed by atoms with Gasteiger partial charge in [0.25, 0.3) is 0 Å². The maximum Gasteiger partial charge on any atom is 0.122 e. The molecule has 1 heterocycles. The van der Waals surface area contributed by atoms with Crippen molar-refractivity contribution < 1.29 is 4.21 Å². The number of hydrogen-bond donors (Lipinski definition) is 2. The minimum absolute atomic E-state index is 0.464. The van der Waals surface area contributed by atoms with Crippen LogP contribution in [0.4, 0.5) is 5.69 Å². The number of nitrogens with one attached hydrogen (secondary N) is 1. The average Bonchev–Trinajstić information content (AvgIpc) is 2.42. The lowest BCUT2D eigenvalue weighted by molar-refractivity contribution is 0.684. The van der Waals surface area contributed by atoms with Crippen LogP contribution in [0.2, 0.25) is 0 Å². The van der Waals surface area contributed by atoms with Crippen molar-refractivity contribution in [2.24, 2.45) is 5.14 Å². The van der Waals surface area contributed by atoms with E-state index < -0.39 is 11.0 Å². The van der Waals surface area contributed by atoms with Gasteiger partial charge in [0.2, 0.25) is 0 Å². The van der Waals surface area contributed by atoms with Gasteiger partial charge in [-0.2, -0.15) is 0 Å². The minimum Gasteiger partial charge on any atom is -0.382 e. The van der Waals surface area contributed by atoms with Gasteiger partial charge >= 0.3 is 0 Å². The van der Waals surface area contributed by atoms with Crippen molar-refractivity contribution in [2.75, 3.05) is 5.32 Å². The van der Waals surface area contributed by atoms with Gasteiger partial charge < -0.3 is 5.32 Å². The number of rotatable bonds is 1. The largest absolute Gasteiger partial charge is 0.382 e. The van der Waals surface area contributed by atoms with Crippen LogP contribution < -0.4 is 10.5 Å². The Hall–Kier alpha value is -0.870. The Kier molecular flexibility index (Phi) is 2.33. The normalized spacial score (nSPS) is 21.5. The van der Waals surface area contributed by atoms with E-state index in [1.165, 1.54) is 5.56 Å². The monoisotopic (exact) mass is 210 g/mol. The summed E-state index contributed by atoms with van der Waals surface area (Å²) < 4.78 is 11.2. The second-order valence-electron chi connectivity index (χ2n) is 3.82. The first-order valence-corrected chi connectivity index (χ1v) is 5.85. The maximum absolute atomic E-state index is 11.2. The quantitative estimate of drug-likeness (QED) is 0.734. The van der Waals surface area contributed by atoms with E-state index in [4.69, 9.17) is 5.14 Å². The molecule has 2 rings (SSSR count). The molecule has 0 saturated heterocycles. The van der Waals surface area contributed by atoms with Gasteiger partial charge in [-0.3, -0.25) is 0 Å². The highest BCUT2D eigenvalue weighted by atomic mass is 32.2. The second-order valence-corrected chi connectivity index (χ2v) is 4.86. The van der Waals surface area contributed by atoms with Crippen molar-refractivity contribution in [3.8, 4) is 0 Å². The molecule has 0 saturated carbocycles. The summed E-state index contributed by atoms with van der Waals surface area (Å²) >= 11 is 0. The van der Waals surface area contributed by atoms with E-state index in [1.54, 1.807) is 0 Å². The zero-order valence-corrected chi connectivity index (χ0v) is 9.15. The lowest BCUT2D eigenvalue weighted by atomic mass is 10.1. The first kappa shape index (κ1) is 9.68. The molecular weight excluding hydrogens is 196 g/mol. The number of hydrogen-bond acceptors (Lipinski definition) is 2. The molecule has 4 heteroatoms. The van der Waals surface area contributed by atoms with Crippen LogP contribution in [-0.4, -0.2) is 10.3 Å².